The normalized spacial score (nSPS) is 14.4. The van der Waals surface area contributed by atoms with Crippen molar-refractivity contribution in [2.24, 2.45) is 0 Å². The second-order valence-electron chi connectivity index (χ2n) is 10.6. The second kappa shape index (κ2) is 14.9. The molecule has 1 saturated carbocycles. The van der Waals surface area contributed by atoms with Gasteiger partial charge in [0.05, 0.1) is 24.3 Å². The minimum Gasteiger partial charge on any atom is -0.497 e. The molecule has 4 rings (SSSR count). The number of anilines is 1. The van der Waals surface area contributed by atoms with Crippen LogP contribution in [0.1, 0.15) is 51.5 Å². The highest BCUT2D eigenvalue weighted by Crippen LogP contribution is 2.27. The van der Waals surface area contributed by atoms with Crippen LogP contribution in [0.3, 0.4) is 0 Å². The average Bonchev–Trinajstić information content (AvgIpc) is 3.03. The molecule has 3 aromatic carbocycles. The maximum Gasteiger partial charge on any atom is 0.264 e. The number of carbonyl (C=O) groups is 2. The molecule has 43 heavy (non-hydrogen) atoms. The minimum atomic E-state index is -4.14. The van der Waals surface area contributed by atoms with E-state index in [1.54, 1.807) is 68.6 Å². The van der Waals surface area contributed by atoms with Crippen molar-refractivity contribution < 1.29 is 27.5 Å². The number of methoxy groups -OCH3 is 1. The standard InChI is InChI=1S/C33H41N3O6S/c1-4-42-29-20-18-28(19-21-29)36(43(39,40)31-16-9-6-10-17-31)24-32(37)35(23-26-12-11-15-30(22-26)41-3)25(2)33(38)34-27-13-7-5-8-14-27/h6,9-12,15-22,25,27H,4-5,7-8,13-14,23-24H2,1-3H3,(H,34,38)/t25-/m1/s1. The average molecular weight is 608 g/mol. The van der Waals surface area contributed by atoms with Crippen molar-refractivity contribution in [2.45, 2.75) is 69.5 Å². The lowest BCUT2D eigenvalue weighted by Crippen LogP contribution is -2.53. The lowest BCUT2D eigenvalue weighted by Gasteiger charge is -2.33. The topological polar surface area (TPSA) is 105 Å². The van der Waals surface area contributed by atoms with Crippen molar-refractivity contribution in [3.63, 3.8) is 0 Å². The van der Waals surface area contributed by atoms with Gasteiger partial charge in [-0.3, -0.25) is 13.9 Å². The van der Waals surface area contributed by atoms with Crippen LogP contribution in [0.4, 0.5) is 5.69 Å². The van der Waals surface area contributed by atoms with Crippen LogP contribution in [0.15, 0.2) is 83.8 Å². The summed E-state index contributed by atoms with van der Waals surface area (Å²) in [6.07, 6.45) is 5.08. The lowest BCUT2D eigenvalue weighted by atomic mass is 9.95. The highest BCUT2D eigenvalue weighted by Gasteiger charge is 2.33. The number of ether oxygens (including phenoxy) is 2. The Bertz CT molecular complexity index is 1460. The Morgan fingerprint density at radius 2 is 1.63 bits per heavy atom. The fourth-order valence-electron chi connectivity index (χ4n) is 5.24. The molecule has 0 spiro atoms. The number of hydrogen-bond donors (Lipinski definition) is 1. The van der Waals surface area contributed by atoms with E-state index in [1.807, 2.05) is 19.1 Å². The summed E-state index contributed by atoms with van der Waals surface area (Å²) in [7, 11) is -2.57. The molecule has 1 aliphatic rings. The zero-order valence-corrected chi connectivity index (χ0v) is 25.9. The van der Waals surface area contributed by atoms with E-state index in [9.17, 15) is 18.0 Å². The Morgan fingerprint density at radius 3 is 2.28 bits per heavy atom. The molecule has 0 radical (unpaired) electrons. The third kappa shape index (κ3) is 8.28. The number of hydrogen-bond acceptors (Lipinski definition) is 6. The number of amides is 2. The predicted molar refractivity (Wildman–Crippen MR) is 167 cm³/mol. The van der Waals surface area contributed by atoms with Crippen LogP contribution in [0.5, 0.6) is 11.5 Å². The molecule has 1 fully saturated rings. The van der Waals surface area contributed by atoms with Gasteiger partial charge in [-0.25, -0.2) is 8.42 Å². The summed E-state index contributed by atoms with van der Waals surface area (Å²) in [4.78, 5) is 29.1. The van der Waals surface area contributed by atoms with Gasteiger partial charge in [0.15, 0.2) is 0 Å². The number of nitrogens with one attached hydrogen (secondary N) is 1. The maximum atomic E-state index is 14.2. The first-order chi connectivity index (χ1) is 20.7. The molecule has 0 saturated heterocycles. The molecular formula is C33H41N3O6S. The quantitative estimate of drug-likeness (QED) is 0.288. The molecule has 3 aromatic rings. The largest absolute Gasteiger partial charge is 0.497 e. The van der Waals surface area contributed by atoms with Gasteiger partial charge in [0, 0.05) is 12.6 Å². The Labute approximate surface area is 254 Å². The summed E-state index contributed by atoms with van der Waals surface area (Å²) in [5.41, 5.74) is 1.06. The molecule has 1 atom stereocenters. The predicted octanol–water partition coefficient (Wildman–Crippen LogP) is 5.16. The fraction of sp³-hybridized carbons (Fsp3) is 0.394. The summed E-state index contributed by atoms with van der Waals surface area (Å²) in [5.74, 6) is 0.429. The number of sulfonamides is 1. The van der Waals surface area contributed by atoms with Crippen molar-refractivity contribution in [2.75, 3.05) is 24.6 Å². The molecular weight excluding hydrogens is 566 g/mol. The lowest BCUT2D eigenvalue weighted by molar-refractivity contribution is -0.139. The van der Waals surface area contributed by atoms with Gasteiger partial charge >= 0.3 is 0 Å². The van der Waals surface area contributed by atoms with Crippen LogP contribution in [0.25, 0.3) is 0 Å². The molecule has 1 N–H and O–H groups in total. The number of benzene rings is 3. The van der Waals surface area contributed by atoms with E-state index in [0.717, 1.165) is 42.0 Å². The zero-order chi connectivity index (χ0) is 30.8. The molecule has 2 amide bonds. The second-order valence-corrected chi connectivity index (χ2v) is 12.5. The summed E-state index contributed by atoms with van der Waals surface area (Å²) in [6.45, 7) is 3.60. The summed E-state index contributed by atoms with van der Waals surface area (Å²) in [6, 6.07) is 21.1. The molecule has 1 aliphatic carbocycles. The number of rotatable bonds is 13. The van der Waals surface area contributed by atoms with Gasteiger partial charge < -0.3 is 19.7 Å². The Morgan fingerprint density at radius 1 is 0.930 bits per heavy atom. The molecule has 9 nitrogen and oxygen atoms in total. The van der Waals surface area contributed by atoms with E-state index in [2.05, 4.69) is 5.32 Å². The van der Waals surface area contributed by atoms with Crippen molar-refractivity contribution in [3.8, 4) is 11.5 Å². The Balaban J connectivity index is 1.67. The smallest absolute Gasteiger partial charge is 0.264 e. The molecule has 10 heteroatoms. The maximum absolute atomic E-state index is 14.2. The SMILES string of the molecule is CCOc1ccc(N(CC(=O)N(Cc2cccc(OC)c2)[C@H](C)C(=O)NC2CCCCC2)S(=O)(=O)c2ccccc2)cc1. The van der Waals surface area contributed by atoms with Crippen LogP contribution in [-0.2, 0) is 26.2 Å². The van der Waals surface area contributed by atoms with Gasteiger partial charge in [0.2, 0.25) is 11.8 Å². The van der Waals surface area contributed by atoms with E-state index in [1.165, 1.54) is 17.0 Å². The van der Waals surface area contributed by atoms with E-state index in [0.29, 0.717) is 23.8 Å². The number of nitrogens with zero attached hydrogens (tertiary/aromatic N) is 2. The van der Waals surface area contributed by atoms with Gasteiger partial charge in [0.1, 0.15) is 24.1 Å². The monoisotopic (exact) mass is 607 g/mol. The van der Waals surface area contributed by atoms with Crippen molar-refractivity contribution in [1.29, 1.82) is 0 Å². The van der Waals surface area contributed by atoms with E-state index in [-0.39, 0.29) is 23.4 Å². The van der Waals surface area contributed by atoms with Crippen molar-refractivity contribution >= 4 is 27.5 Å². The van der Waals surface area contributed by atoms with Gasteiger partial charge in [0.25, 0.3) is 10.0 Å². The van der Waals surface area contributed by atoms with E-state index < -0.39 is 28.5 Å². The van der Waals surface area contributed by atoms with Gasteiger partial charge in [-0.15, -0.1) is 0 Å². The van der Waals surface area contributed by atoms with Crippen LogP contribution >= 0.6 is 0 Å². The minimum absolute atomic E-state index is 0.0547. The van der Waals surface area contributed by atoms with Gasteiger partial charge in [-0.1, -0.05) is 49.6 Å². The van der Waals surface area contributed by atoms with Crippen LogP contribution in [-0.4, -0.2) is 57.5 Å². The third-order valence-corrected chi connectivity index (χ3v) is 9.44. The first-order valence-electron chi connectivity index (χ1n) is 14.8. The molecule has 0 heterocycles. The summed E-state index contributed by atoms with van der Waals surface area (Å²) >= 11 is 0. The molecule has 0 aromatic heterocycles. The summed E-state index contributed by atoms with van der Waals surface area (Å²) < 4.78 is 39.9. The van der Waals surface area contributed by atoms with Crippen LogP contribution in [0, 0.1) is 0 Å². The van der Waals surface area contributed by atoms with Crippen LogP contribution in [0.2, 0.25) is 0 Å². The number of carbonyl (C=O) groups excluding carboxylic acids is 2. The Kier molecular flexibility index (Phi) is 11.1. The van der Waals surface area contributed by atoms with Gasteiger partial charge in [-0.05, 0) is 80.8 Å². The highest BCUT2D eigenvalue weighted by molar-refractivity contribution is 7.92. The summed E-state index contributed by atoms with van der Waals surface area (Å²) in [5, 5.41) is 3.12. The van der Waals surface area contributed by atoms with Crippen molar-refractivity contribution in [1.82, 2.24) is 10.2 Å². The highest BCUT2D eigenvalue weighted by atomic mass is 32.2. The molecule has 0 bridgehead atoms. The van der Waals surface area contributed by atoms with Crippen LogP contribution < -0.4 is 19.1 Å². The third-order valence-electron chi connectivity index (χ3n) is 7.65. The zero-order valence-electron chi connectivity index (χ0n) is 25.1. The fourth-order valence-corrected chi connectivity index (χ4v) is 6.68. The molecule has 0 aliphatic heterocycles. The van der Waals surface area contributed by atoms with E-state index in [4.69, 9.17) is 9.47 Å². The van der Waals surface area contributed by atoms with Crippen molar-refractivity contribution in [3.05, 3.63) is 84.4 Å². The van der Waals surface area contributed by atoms with E-state index >= 15 is 0 Å². The molecule has 0 unspecified atom stereocenters. The molecule has 230 valence electrons. The Hall–Kier alpha value is -4.05. The van der Waals surface area contributed by atoms with Gasteiger partial charge in [-0.2, -0.15) is 0 Å². The first-order valence-corrected chi connectivity index (χ1v) is 16.2. The first kappa shape index (κ1) is 31.9.